The topological polar surface area (TPSA) is 70.3 Å². The molecule has 0 heterocycles. The minimum absolute atomic E-state index is 0.146. The zero-order chi connectivity index (χ0) is 14.7. The number of carbonyl (C=O) groups is 1. The molecule has 1 N–H and O–H groups in total. The van der Waals surface area contributed by atoms with Gasteiger partial charge < -0.3 is 9.84 Å². The van der Waals surface area contributed by atoms with Gasteiger partial charge in [-0.1, -0.05) is 22.0 Å². The van der Waals surface area contributed by atoms with Crippen LogP contribution in [0, 0.1) is 11.3 Å². The Morgan fingerprint density at radius 1 is 1.25 bits per heavy atom. The van der Waals surface area contributed by atoms with Gasteiger partial charge in [-0.05, 0) is 35.9 Å². The summed E-state index contributed by atoms with van der Waals surface area (Å²) in [7, 11) is 1.50. The molecule has 4 nitrogen and oxygen atoms in total. The van der Waals surface area contributed by atoms with Crippen molar-refractivity contribution < 1.29 is 14.6 Å². The van der Waals surface area contributed by atoms with Crippen LogP contribution in [0.2, 0.25) is 0 Å². The molecule has 0 aliphatic rings. The number of methoxy groups -OCH3 is 1. The highest BCUT2D eigenvalue weighted by Crippen LogP contribution is 2.34. The Balaban J connectivity index is 2.74. The Labute approximate surface area is 124 Å². The van der Waals surface area contributed by atoms with Crippen LogP contribution in [0.4, 0.5) is 0 Å². The first-order valence-corrected chi connectivity index (χ1v) is 6.47. The van der Waals surface area contributed by atoms with Crippen LogP contribution < -0.4 is 4.74 Å². The summed E-state index contributed by atoms with van der Waals surface area (Å²) in [5.74, 6) is -0.514. The zero-order valence-corrected chi connectivity index (χ0v) is 12.1. The van der Waals surface area contributed by atoms with Gasteiger partial charge in [0, 0.05) is 10.0 Å². The second kappa shape index (κ2) is 5.76. The number of carboxylic acid groups (broad SMARTS) is 1. The van der Waals surface area contributed by atoms with E-state index >= 15 is 0 Å². The van der Waals surface area contributed by atoms with Crippen molar-refractivity contribution in [3.8, 4) is 22.9 Å². The average Bonchev–Trinajstić information content (AvgIpc) is 2.46. The number of benzene rings is 2. The zero-order valence-electron chi connectivity index (χ0n) is 10.6. The Morgan fingerprint density at radius 3 is 2.60 bits per heavy atom. The van der Waals surface area contributed by atoms with Gasteiger partial charge in [0.15, 0.2) is 0 Å². The molecular weight excluding hydrogens is 322 g/mol. The fraction of sp³-hybridized carbons (Fsp3) is 0.0667. The molecule has 0 spiro atoms. The van der Waals surface area contributed by atoms with Crippen molar-refractivity contribution in [1.82, 2.24) is 0 Å². The average molecular weight is 332 g/mol. The van der Waals surface area contributed by atoms with Gasteiger partial charge in [0.05, 0.1) is 24.3 Å². The molecule has 2 aromatic rings. The van der Waals surface area contributed by atoms with Crippen LogP contribution in [0.1, 0.15) is 15.9 Å². The van der Waals surface area contributed by atoms with E-state index in [1.807, 2.05) is 6.07 Å². The first kappa shape index (κ1) is 14.1. The number of ether oxygens (including phenoxy) is 1. The first-order chi connectivity index (χ1) is 9.56. The summed E-state index contributed by atoms with van der Waals surface area (Å²) < 4.78 is 5.93. The second-order valence-corrected chi connectivity index (χ2v) is 4.94. The van der Waals surface area contributed by atoms with Crippen molar-refractivity contribution in [2.75, 3.05) is 7.11 Å². The smallest absolute Gasteiger partial charge is 0.336 e. The third kappa shape index (κ3) is 2.65. The van der Waals surface area contributed by atoms with Crippen molar-refractivity contribution >= 4 is 21.9 Å². The monoisotopic (exact) mass is 331 g/mol. The summed E-state index contributed by atoms with van der Waals surface area (Å²) in [5, 5.41) is 18.3. The molecule has 0 radical (unpaired) electrons. The lowest BCUT2D eigenvalue weighted by molar-refractivity contribution is 0.0697. The van der Waals surface area contributed by atoms with Crippen LogP contribution >= 0.6 is 15.9 Å². The lowest BCUT2D eigenvalue weighted by atomic mass is 9.97. The van der Waals surface area contributed by atoms with Gasteiger partial charge in [-0.3, -0.25) is 0 Å². The van der Waals surface area contributed by atoms with E-state index < -0.39 is 5.97 Å². The normalized spacial score (nSPS) is 9.85. The fourth-order valence-corrected chi connectivity index (χ4v) is 2.28. The highest BCUT2D eigenvalue weighted by atomic mass is 79.9. The summed E-state index contributed by atoms with van der Waals surface area (Å²) >= 11 is 3.25. The molecule has 0 unspecified atom stereocenters. The quantitative estimate of drug-likeness (QED) is 0.930. The summed E-state index contributed by atoms with van der Waals surface area (Å²) in [6, 6.07) is 11.9. The molecule has 2 rings (SSSR count). The van der Waals surface area contributed by atoms with E-state index in [0.29, 0.717) is 26.9 Å². The van der Waals surface area contributed by atoms with Gasteiger partial charge in [0.25, 0.3) is 0 Å². The van der Waals surface area contributed by atoms with Crippen LogP contribution in [-0.2, 0) is 0 Å². The number of nitrogens with zero attached hydrogens (tertiary/aromatic N) is 1. The molecule has 100 valence electrons. The summed E-state index contributed by atoms with van der Waals surface area (Å²) in [6.07, 6.45) is 0. The standard InChI is InChI=1S/C15H10BrNO3/c1-20-14-5-2-9(8-17)6-12(14)11-4-3-10(16)7-13(11)15(18)19/h2-7H,1H3,(H,18,19). The summed E-state index contributed by atoms with van der Waals surface area (Å²) in [5.41, 5.74) is 1.68. The van der Waals surface area contributed by atoms with Crippen molar-refractivity contribution in [2.24, 2.45) is 0 Å². The molecular formula is C15H10BrNO3. The van der Waals surface area contributed by atoms with Crippen molar-refractivity contribution in [3.63, 3.8) is 0 Å². The summed E-state index contributed by atoms with van der Waals surface area (Å²) in [6.45, 7) is 0. The van der Waals surface area contributed by atoms with E-state index in [9.17, 15) is 9.90 Å². The van der Waals surface area contributed by atoms with Crippen molar-refractivity contribution in [1.29, 1.82) is 5.26 Å². The van der Waals surface area contributed by atoms with Gasteiger partial charge in [-0.25, -0.2) is 4.79 Å². The van der Waals surface area contributed by atoms with Crippen LogP contribution in [0.3, 0.4) is 0 Å². The largest absolute Gasteiger partial charge is 0.496 e. The van der Waals surface area contributed by atoms with E-state index in [0.717, 1.165) is 0 Å². The maximum absolute atomic E-state index is 11.4. The predicted molar refractivity (Wildman–Crippen MR) is 77.8 cm³/mol. The number of rotatable bonds is 3. The molecule has 0 amide bonds. The molecule has 0 aromatic heterocycles. The molecule has 0 saturated heterocycles. The van der Waals surface area contributed by atoms with Crippen LogP contribution in [-0.4, -0.2) is 18.2 Å². The number of halogens is 1. The lowest BCUT2D eigenvalue weighted by Crippen LogP contribution is -2.01. The van der Waals surface area contributed by atoms with E-state index in [1.54, 1.807) is 30.3 Å². The van der Waals surface area contributed by atoms with Crippen molar-refractivity contribution in [2.45, 2.75) is 0 Å². The highest BCUT2D eigenvalue weighted by molar-refractivity contribution is 9.10. The van der Waals surface area contributed by atoms with E-state index in [2.05, 4.69) is 15.9 Å². The minimum atomic E-state index is -1.04. The molecule has 2 aromatic carbocycles. The van der Waals surface area contributed by atoms with Crippen LogP contribution in [0.25, 0.3) is 11.1 Å². The second-order valence-electron chi connectivity index (χ2n) is 4.02. The number of hydrogen-bond donors (Lipinski definition) is 1. The van der Waals surface area contributed by atoms with E-state index in [1.165, 1.54) is 13.2 Å². The maximum Gasteiger partial charge on any atom is 0.336 e. The predicted octanol–water partition coefficient (Wildman–Crippen LogP) is 3.69. The van der Waals surface area contributed by atoms with E-state index in [-0.39, 0.29) is 5.56 Å². The Hall–Kier alpha value is -2.32. The number of hydrogen-bond acceptors (Lipinski definition) is 3. The van der Waals surface area contributed by atoms with Gasteiger partial charge in [-0.15, -0.1) is 0 Å². The van der Waals surface area contributed by atoms with Crippen LogP contribution in [0.15, 0.2) is 40.9 Å². The SMILES string of the molecule is COc1ccc(C#N)cc1-c1ccc(Br)cc1C(=O)O. The molecule has 0 saturated carbocycles. The van der Waals surface area contributed by atoms with Gasteiger partial charge >= 0.3 is 5.97 Å². The Bertz CT molecular complexity index is 720. The Kier molecular flexibility index (Phi) is 4.06. The molecule has 0 fully saturated rings. The number of carboxylic acids is 1. The highest BCUT2D eigenvalue weighted by Gasteiger charge is 2.16. The maximum atomic E-state index is 11.4. The molecule has 0 aliphatic heterocycles. The first-order valence-electron chi connectivity index (χ1n) is 5.68. The van der Waals surface area contributed by atoms with Gasteiger partial charge in [0.2, 0.25) is 0 Å². The molecule has 20 heavy (non-hydrogen) atoms. The summed E-state index contributed by atoms with van der Waals surface area (Å²) in [4.78, 5) is 11.4. The van der Waals surface area contributed by atoms with Crippen LogP contribution in [0.5, 0.6) is 5.75 Å². The number of nitriles is 1. The Morgan fingerprint density at radius 2 is 2.00 bits per heavy atom. The molecule has 0 bridgehead atoms. The van der Waals surface area contributed by atoms with Gasteiger partial charge in [-0.2, -0.15) is 5.26 Å². The minimum Gasteiger partial charge on any atom is -0.496 e. The molecule has 0 aliphatic carbocycles. The van der Waals surface area contributed by atoms with Crippen molar-refractivity contribution in [3.05, 3.63) is 52.0 Å². The third-order valence-electron chi connectivity index (χ3n) is 2.83. The van der Waals surface area contributed by atoms with E-state index in [4.69, 9.17) is 10.00 Å². The number of aromatic carboxylic acids is 1. The molecule has 0 atom stereocenters. The lowest BCUT2D eigenvalue weighted by Gasteiger charge is -2.12. The molecule has 5 heteroatoms. The third-order valence-corrected chi connectivity index (χ3v) is 3.32. The fourth-order valence-electron chi connectivity index (χ4n) is 1.92. The van der Waals surface area contributed by atoms with Gasteiger partial charge in [0.1, 0.15) is 5.75 Å².